The molecule has 1 N–H and O–H groups in total. The topological polar surface area (TPSA) is 48.0 Å². The van der Waals surface area contributed by atoms with Gasteiger partial charge in [-0.25, -0.2) is 4.98 Å². The Morgan fingerprint density at radius 1 is 1.60 bits per heavy atom. The third-order valence-corrected chi connectivity index (χ3v) is 4.68. The molecule has 1 aromatic rings. The molecule has 0 radical (unpaired) electrons. The van der Waals surface area contributed by atoms with Crippen molar-refractivity contribution < 1.29 is 4.55 Å². The molecule has 3 nitrogen and oxygen atoms in total. The largest absolute Gasteiger partial charge is 0.598 e. The molecule has 0 fully saturated rings. The highest BCUT2D eigenvalue weighted by molar-refractivity contribution is 7.90. The Hall–Kier alpha value is 0.190. The molecule has 86 valence electrons. The number of rotatable bonds is 3. The molecule has 0 aromatic carbocycles. The summed E-state index contributed by atoms with van der Waals surface area (Å²) < 4.78 is 15.2. The van der Waals surface area contributed by atoms with Crippen LogP contribution in [-0.4, -0.2) is 14.3 Å². The number of nitrogens with zero attached hydrogens (tertiary/aromatic N) is 1. The van der Waals surface area contributed by atoms with E-state index < -0.39 is 11.4 Å². The van der Waals surface area contributed by atoms with Crippen LogP contribution in [0.25, 0.3) is 0 Å². The van der Waals surface area contributed by atoms with Crippen molar-refractivity contribution in [1.29, 1.82) is 0 Å². The normalized spacial score (nSPS) is 16.4. The average molecular weight is 267 g/mol. The van der Waals surface area contributed by atoms with Crippen LogP contribution in [0.15, 0.2) is 6.20 Å². The van der Waals surface area contributed by atoms with E-state index in [0.29, 0.717) is 4.34 Å². The summed E-state index contributed by atoms with van der Waals surface area (Å²) in [6.07, 6.45) is 1.61. The predicted molar refractivity (Wildman–Crippen MR) is 66.6 cm³/mol. The second-order valence-corrected chi connectivity index (χ2v) is 7.91. The number of aromatic nitrogens is 1. The SMILES string of the molecule is C[C@@H](N[S+]([O-])C(C)(C)C)c1ncc(Cl)s1. The van der Waals surface area contributed by atoms with Crippen LogP contribution >= 0.6 is 22.9 Å². The van der Waals surface area contributed by atoms with E-state index in [1.54, 1.807) is 6.20 Å². The number of hydrogen-bond donors (Lipinski definition) is 1. The summed E-state index contributed by atoms with van der Waals surface area (Å²) in [6, 6.07) is -0.0393. The molecular weight excluding hydrogens is 252 g/mol. The number of hydrogen-bond acceptors (Lipinski definition) is 4. The molecule has 0 saturated heterocycles. The lowest BCUT2D eigenvalue weighted by molar-refractivity contribution is 0.531. The van der Waals surface area contributed by atoms with Gasteiger partial charge in [-0.05, 0) is 27.7 Å². The van der Waals surface area contributed by atoms with Gasteiger partial charge in [0, 0.05) is 11.4 Å². The van der Waals surface area contributed by atoms with Crippen LogP contribution in [0.4, 0.5) is 0 Å². The Morgan fingerprint density at radius 2 is 2.20 bits per heavy atom. The van der Waals surface area contributed by atoms with Crippen molar-refractivity contribution in [2.45, 2.75) is 38.5 Å². The van der Waals surface area contributed by atoms with Gasteiger partial charge >= 0.3 is 0 Å². The summed E-state index contributed by atoms with van der Waals surface area (Å²) in [5.41, 5.74) is 0. The smallest absolute Gasteiger partial charge is 0.136 e. The Bertz CT molecular complexity index is 324. The summed E-state index contributed by atoms with van der Waals surface area (Å²) in [7, 11) is 0. The van der Waals surface area contributed by atoms with Crippen molar-refractivity contribution in [3.05, 3.63) is 15.5 Å². The molecule has 0 spiro atoms. The molecule has 0 bridgehead atoms. The minimum absolute atomic E-state index is 0.0393. The first-order valence-corrected chi connectivity index (χ1v) is 6.94. The Morgan fingerprint density at radius 3 is 2.60 bits per heavy atom. The summed E-state index contributed by atoms with van der Waals surface area (Å²) >= 11 is 6.10. The van der Waals surface area contributed by atoms with E-state index in [1.165, 1.54) is 11.3 Å². The van der Waals surface area contributed by atoms with Crippen LogP contribution < -0.4 is 4.72 Å². The maximum atomic E-state index is 11.8. The lowest BCUT2D eigenvalue weighted by Crippen LogP contribution is -2.40. The molecule has 0 aliphatic heterocycles. The monoisotopic (exact) mass is 266 g/mol. The van der Waals surface area contributed by atoms with Gasteiger partial charge in [0.05, 0.1) is 6.20 Å². The zero-order valence-corrected chi connectivity index (χ0v) is 11.6. The molecule has 1 rings (SSSR count). The Balaban J connectivity index is 2.60. The quantitative estimate of drug-likeness (QED) is 0.856. The van der Waals surface area contributed by atoms with Gasteiger partial charge in [0.15, 0.2) is 0 Å². The zero-order valence-electron chi connectivity index (χ0n) is 9.20. The van der Waals surface area contributed by atoms with Gasteiger partial charge < -0.3 is 4.55 Å². The van der Waals surface area contributed by atoms with Gasteiger partial charge in [-0.3, -0.25) is 0 Å². The molecule has 0 aliphatic rings. The van der Waals surface area contributed by atoms with Gasteiger partial charge in [0.25, 0.3) is 0 Å². The number of nitrogens with one attached hydrogen (secondary N) is 1. The van der Waals surface area contributed by atoms with E-state index in [-0.39, 0.29) is 10.8 Å². The summed E-state index contributed by atoms with van der Waals surface area (Å²) in [4.78, 5) is 4.14. The average Bonchev–Trinajstić information content (AvgIpc) is 2.50. The highest BCUT2D eigenvalue weighted by Gasteiger charge is 2.29. The first-order chi connectivity index (χ1) is 6.80. The minimum atomic E-state index is -1.09. The molecule has 6 heteroatoms. The van der Waals surface area contributed by atoms with Gasteiger partial charge in [-0.2, -0.15) is 0 Å². The van der Waals surface area contributed by atoms with Crippen LogP contribution in [0.5, 0.6) is 0 Å². The molecule has 0 aliphatic carbocycles. The highest BCUT2D eigenvalue weighted by Crippen LogP contribution is 2.25. The highest BCUT2D eigenvalue weighted by atomic mass is 35.5. The van der Waals surface area contributed by atoms with Crippen LogP contribution in [-0.2, 0) is 11.4 Å². The summed E-state index contributed by atoms with van der Waals surface area (Å²) in [5.74, 6) is 0. The first-order valence-electron chi connectivity index (χ1n) is 4.60. The van der Waals surface area contributed by atoms with E-state index in [2.05, 4.69) is 9.71 Å². The predicted octanol–water partition coefficient (Wildman–Crippen LogP) is 2.91. The van der Waals surface area contributed by atoms with Crippen LogP contribution in [0.2, 0.25) is 4.34 Å². The van der Waals surface area contributed by atoms with Crippen molar-refractivity contribution in [1.82, 2.24) is 9.71 Å². The lowest BCUT2D eigenvalue weighted by Gasteiger charge is -2.25. The van der Waals surface area contributed by atoms with Crippen molar-refractivity contribution in [2.24, 2.45) is 0 Å². The number of thiazole rings is 1. The Labute approximate surface area is 103 Å². The van der Waals surface area contributed by atoms with Crippen LogP contribution in [0, 0.1) is 0 Å². The van der Waals surface area contributed by atoms with Crippen molar-refractivity contribution in [3.63, 3.8) is 0 Å². The fraction of sp³-hybridized carbons (Fsp3) is 0.667. The van der Waals surface area contributed by atoms with Crippen LogP contribution in [0.3, 0.4) is 0 Å². The second-order valence-electron chi connectivity index (χ2n) is 4.22. The molecular formula is C9H15ClN2OS2. The van der Waals surface area contributed by atoms with Crippen molar-refractivity contribution >= 4 is 34.3 Å². The number of halogens is 1. The third kappa shape index (κ3) is 3.92. The van der Waals surface area contributed by atoms with E-state index in [0.717, 1.165) is 5.01 Å². The second kappa shape index (κ2) is 5.01. The minimum Gasteiger partial charge on any atom is -0.598 e. The molecule has 1 heterocycles. The zero-order chi connectivity index (χ0) is 11.6. The molecule has 0 saturated carbocycles. The maximum Gasteiger partial charge on any atom is 0.136 e. The molecule has 1 aromatic heterocycles. The third-order valence-electron chi connectivity index (χ3n) is 1.71. The van der Waals surface area contributed by atoms with E-state index in [4.69, 9.17) is 11.6 Å². The van der Waals surface area contributed by atoms with Gasteiger partial charge in [0.2, 0.25) is 0 Å². The standard InChI is InChI=1S/C9H15ClN2OS2/c1-6(8-11-5-7(10)14-8)12-15(13)9(2,3)4/h5-6,12H,1-4H3/t6-,15?/m1/s1. The molecule has 15 heavy (non-hydrogen) atoms. The molecule has 2 atom stereocenters. The van der Waals surface area contributed by atoms with Crippen molar-refractivity contribution in [3.8, 4) is 0 Å². The molecule has 1 unspecified atom stereocenters. The summed E-state index contributed by atoms with van der Waals surface area (Å²) in [5, 5.41) is 0.859. The fourth-order valence-corrected chi connectivity index (χ4v) is 2.65. The van der Waals surface area contributed by atoms with Gasteiger partial charge in [-0.1, -0.05) is 11.6 Å². The van der Waals surface area contributed by atoms with Crippen molar-refractivity contribution in [2.75, 3.05) is 0 Å². The lowest BCUT2D eigenvalue weighted by atomic mass is 10.3. The van der Waals surface area contributed by atoms with E-state index in [1.807, 2.05) is 27.7 Å². The van der Waals surface area contributed by atoms with E-state index >= 15 is 0 Å². The van der Waals surface area contributed by atoms with Crippen LogP contribution in [0.1, 0.15) is 38.7 Å². The maximum absolute atomic E-state index is 11.8. The van der Waals surface area contributed by atoms with E-state index in [9.17, 15) is 4.55 Å². The fourth-order valence-electron chi connectivity index (χ4n) is 0.855. The van der Waals surface area contributed by atoms with Gasteiger partial charge in [-0.15, -0.1) is 16.1 Å². The molecule has 0 amide bonds. The Kier molecular flexibility index (Phi) is 4.43. The van der Waals surface area contributed by atoms with Gasteiger partial charge in [0.1, 0.15) is 20.1 Å². The first kappa shape index (κ1) is 13.3. The summed E-state index contributed by atoms with van der Waals surface area (Å²) in [6.45, 7) is 7.71.